The fraction of sp³-hybridized carbons (Fsp3) is 0.333. The minimum Gasteiger partial charge on any atom is -0.466 e. The van der Waals surface area contributed by atoms with Crippen LogP contribution >= 0.6 is 0 Å². The fourth-order valence-electron chi connectivity index (χ4n) is 1.25. The van der Waals surface area contributed by atoms with E-state index in [-0.39, 0.29) is 12.2 Å². The Bertz CT molecular complexity index is 362. The zero-order valence-electron chi connectivity index (χ0n) is 8.98. The molecule has 0 bridgehead atoms. The summed E-state index contributed by atoms with van der Waals surface area (Å²) in [7, 11) is 0. The summed E-state index contributed by atoms with van der Waals surface area (Å²) in [5, 5.41) is 0. The molecule has 0 aliphatic carbocycles. The fourth-order valence-corrected chi connectivity index (χ4v) is 1.25. The van der Waals surface area contributed by atoms with Crippen molar-refractivity contribution in [2.24, 2.45) is 0 Å². The lowest BCUT2D eigenvalue weighted by atomic mass is 10.1. The van der Waals surface area contributed by atoms with E-state index in [9.17, 15) is 14.0 Å². The molecule has 0 aliphatic rings. The Morgan fingerprint density at radius 3 is 2.50 bits per heavy atom. The van der Waals surface area contributed by atoms with E-state index in [1.807, 2.05) is 0 Å². The molecular weight excluding hydrogens is 211 g/mol. The van der Waals surface area contributed by atoms with Gasteiger partial charge in [0.05, 0.1) is 6.61 Å². The number of hydrogen-bond acceptors (Lipinski definition) is 3. The lowest BCUT2D eigenvalue weighted by Crippen LogP contribution is -2.15. The average molecular weight is 224 g/mol. The molecule has 0 aliphatic heterocycles. The number of halogens is 1. The van der Waals surface area contributed by atoms with Crippen molar-refractivity contribution in [3.63, 3.8) is 0 Å². The molecule has 86 valence electrons. The van der Waals surface area contributed by atoms with Crippen molar-refractivity contribution < 1.29 is 18.7 Å². The van der Waals surface area contributed by atoms with E-state index < -0.39 is 24.3 Å². The molecule has 0 radical (unpaired) electrons. The number of alkyl halides is 1. The van der Waals surface area contributed by atoms with Crippen molar-refractivity contribution in [2.45, 2.75) is 19.5 Å². The molecule has 0 fully saturated rings. The Morgan fingerprint density at radius 2 is 1.94 bits per heavy atom. The predicted molar refractivity (Wildman–Crippen MR) is 56.5 cm³/mol. The van der Waals surface area contributed by atoms with Gasteiger partial charge in [-0.2, -0.15) is 0 Å². The summed E-state index contributed by atoms with van der Waals surface area (Å²) in [6.07, 6.45) is -2.28. The van der Waals surface area contributed by atoms with Crippen molar-refractivity contribution in [2.75, 3.05) is 6.61 Å². The maximum absolute atomic E-state index is 13.6. The number of Topliss-reactive ketones (excluding diaryl/α,β-unsaturated/α-hetero) is 1. The summed E-state index contributed by atoms with van der Waals surface area (Å²) in [4.78, 5) is 22.3. The first-order valence-electron chi connectivity index (χ1n) is 5.02. The van der Waals surface area contributed by atoms with Crippen LogP contribution in [-0.4, -0.2) is 18.4 Å². The summed E-state index contributed by atoms with van der Waals surface area (Å²) >= 11 is 0. The Labute approximate surface area is 93.2 Å². The number of benzene rings is 1. The van der Waals surface area contributed by atoms with Crippen molar-refractivity contribution in [3.05, 3.63) is 35.9 Å². The van der Waals surface area contributed by atoms with E-state index in [2.05, 4.69) is 4.74 Å². The molecule has 0 saturated carbocycles. The van der Waals surface area contributed by atoms with Crippen LogP contribution in [0.5, 0.6) is 0 Å². The summed E-state index contributed by atoms with van der Waals surface area (Å²) in [6.45, 7) is 1.82. The lowest BCUT2D eigenvalue weighted by Gasteiger charge is -2.06. The molecule has 0 heterocycles. The molecule has 0 saturated heterocycles. The SMILES string of the molecule is CCOC(=O)CC(=O)C(F)c1ccccc1. The van der Waals surface area contributed by atoms with Gasteiger partial charge in [-0.1, -0.05) is 30.3 Å². The van der Waals surface area contributed by atoms with Gasteiger partial charge >= 0.3 is 5.97 Å². The van der Waals surface area contributed by atoms with Crippen LogP contribution in [0.1, 0.15) is 25.1 Å². The molecule has 0 aromatic heterocycles. The molecule has 4 heteroatoms. The minimum absolute atomic E-state index is 0.189. The third-order valence-corrected chi connectivity index (χ3v) is 2.00. The highest BCUT2D eigenvalue weighted by molar-refractivity contribution is 5.98. The molecular formula is C12H13FO3. The Kier molecular flexibility index (Phi) is 4.64. The Hall–Kier alpha value is -1.71. The van der Waals surface area contributed by atoms with Crippen LogP contribution in [0.15, 0.2) is 30.3 Å². The third-order valence-electron chi connectivity index (χ3n) is 2.00. The second-order valence-electron chi connectivity index (χ2n) is 3.22. The number of rotatable bonds is 5. The Balaban J connectivity index is 2.58. The topological polar surface area (TPSA) is 43.4 Å². The van der Waals surface area contributed by atoms with Gasteiger partial charge in [0, 0.05) is 0 Å². The Morgan fingerprint density at radius 1 is 1.31 bits per heavy atom. The van der Waals surface area contributed by atoms with Crippen LogP contribution in [-0.2, 0) is 14.3 Å². The zero-order chi connectivity index (χ0) is 12.0. The molecule has 0 spiro atoms. The maximum atomic E-state index is 13.6. The largest absolute Gasteiger partial charge is 0.466 e. The van der Waals surface area contributed by atoms with E-state index in [4.69, 9.17) is 0 Å². The van der Waals surface area contributed by atoms with Gasteiger partial charge in [0.15, 0.2) is 12.0 Å². The summed E-state index contributed by atoms with van der Waals surface area (Å²) < 4.78 is 18.1. The molecule has 1 atom stereocenters. The number of esters is 1. The summed E-state index contributed by atoms with van der Waals surface area (Å²) in [6, 6.07) is 8.02. The first-order chi connectivity index (χ1) is 7.65. The molecule has 1 unspecified atom stereocenters. The van der Waals surface area contributed by atoms with Crippen LogP contribution in [0.4, 0.5) is 4.39 Å². The van der Waals surface area contributed by atoms with Crippen LogP contribution in [0.3, 0.4) is 0 Å². The standard InChI is InChI=1S/C12H13FO3/c1-2-16-11(15)8-10(14)12(13)9-6-4-3-5-7-9/h3-7,12H,2,8H2,1H3. The molecule has 1 rings (SSSR count). The molecule has 1 aromatic carbocycles. The first kappa shape index (κ1) is 12.4. The quantitative estimate of drug-likeness (QED) is 0.569. The van der Waals surface area contributed by atoms with Gasteiger partial charge in [-0.25, -0.2) is 4.39 Å². The maximum Gasteiger partial charge on any atom is 0.313 e. The second kappa shape index (κ2) is 6.00. The predicted octanol–water partition coefficient (Wildman–Crippen LogP) is 2.22. The smallest absolute Gasteiger partial charge is 0.313 e. The van der Waals surface area contributed by atoms with E-state index in [0.29, 0.717) is 0 Å². The highest BCUT2D eigenvalue weighted by Gasteiger charge is 2.22. The first-order valence-corrected chi connectivity index (χ1v) is 5.02. The zero-order valence-corrected chi connectivity index (χ0v) is 8.98. The van der Waals surface area contributed by atoms with Crippen molar-refractivity contribution in [1.29, 1.82) is 0 Å². The third kappa shape index (κ3) is 3.46. The van der Waals surface area contributed by atoms with E-state index >= 15 is 0 Å². The van der Waals surface area contributed by atoms with Gasteiger partial charge in [0.2, 0.25) is 0 Å². The minimum atomic E-state index is -1.76. The molecule has 0 amide bonds. The number of carbonyl (C=O) groups excluding carboxylic acids is 2. The van der Waals surface area contributed by atoms with Gasteiger partial charge in [-0.05, 0) is 12.5 Å². The number of ether oxygens (including phenoxy) is 1. The molecule has 16 heavy (non-hydrogen) atoms. The van der Waals surface area contributed by atoms with Crippen LogP contribution in [0.2, 0.25) is 0 Å². The molecule has 3 nitrogen and oxygen atoms in total. The number of ketones is 1. The van der Waals surface area contributed by atoms with E-state index in [1.54, 1.807) is 25.1 Å². The normalized spacial score (nSPS) is 11.9. The highest BCUT2D eigenvalue weighted by atomic mass is 19.1. The average Bonchev–Trinajstić information content (AvgIpc) is 2.29. The van der Waals surface area contributed by atoms with Gasteiger partial charge in [-0.15, -0.1) is 0 Å². The lowest BCUT2D eigenvalue weighted by molar-refractivity contribution is -0.146. The van der Waals surface area contributed by atoms with Crippen molar-refractivity contribution in [1.82, 2.24) is 0 Å². The van der Waals surface area contributed by atoms with Gasteiger partial charge in [0.1, 0.15) is 6.42 Å². The van der Waals surface area contributed by atoms with Crippen molar-refractivity contribution >= 4 is 11.8 Å². The second-order valence-corrected chi connectivity index (χ2v) is 3.22. The van der Waals surface area contributed by atoms with Gasteiger partial charge < -0.3 is 4.74 Å². The van der Waals surface area contributed by atoms with E-state index in [1.165, 1.54) is 12.1 Å². The summed E-state index contributed by atoms with van der Waals surface area (Å²) in [5.74, 6) is -1.46. The van der Waals surface area contributed by atoms with E-state index in [0.717, 1.165) is 0 Å². The van der Waals surface area contributed by atoms with Gasteiger partial charge in [0.25, 0.3) is 0 Å². The monoisotopic (exact) mass is 224 g/mol. The number of carbonyl (C=O) groups is 2. The summed E-state index contributed by atoms with van der Waals surface area (Å²) in [5.41, 5.74) is 0.261. The molecule has 0 N–H and O–H groups in total. The van der Waals surface area contributed by atoms with Crippen LogP contribution in [0.25, 0.3) is 0 Å². The van der Waals surface area contributed by atoms with Crippen molar-refractivity contribution in [3.8, 4) is 0 Å². The molecule has 1 aromatic rings. The highest BCUT2D eigenvalue weighted by Crippen LogP contribution is 2.19. The van der Waals surface area contributed by atoms with Gasteiger partial charge in [-0.3, -0.25) is 9.59 Å². The van der Waals surface area contributed by atoms with Crippen LogP contribution < -0.4 is 0 Å². The van der Waals surface area contributed by atoms with Crippen LogP contribution in [0, 0.1) is 0 Å². The number of hydrogen-bond donors (Lipinski definition) is 0.